The summed E-state index contributed by atoms with van der Waals surface area (Å²) >= 11 is 0. The molecule has 26 heavy (non-hydrogen) atoms. The molecular formula is C19H14F2N2O3. The third kappa shape index (κ3) is 3.15. The first-order valence-corrected chi connectivity index (χ1v) is 8.01. The van der Waals surface area contributed by atoms with Gasteiger partial charge in [-0.2, -0.15) is 4.98 Å². The number of hydrogen-bond donors (Lipinski definition) is 0. The third-order valence-electron chi connectivity index (χ3n) is 4.07. The van der Waals surface area contributed by atoms with Crippen molar-refractivity contribution in [2.24, 2.45) is 0 Å². The summed E-state index contributed by atoms with van der Waals surface area (Å²) in [4.78, 5) is 15.0. The number of benzene rings is 2. The summed E-state index contributed by atoms with van der Waals surface area (Å²) in [7, 11) is 0. The minimum atomic E-state index is -0.881. The van der Waals surface area contributed by atoms with Crippen molar-refractivity contribution < 1.29 is 18.3 Å². The zero-order valence-corrected chi connectivity index (χ0v) is 13.6. The molecule has 2 heterocycles. The molecule has 0 unspecified atom stereocenters. The molecule has 1 aliphatic heterocycles. The van der Waals surface area contributed by atoms with Gasteiger partial charge in [-0.3, -0.25) is 9.36 Å². The first-order chi connectivity index (χ1) is 12.6. The van der Waals surface area contributed by atoms with Crippen LogP contribution in [0.25, 0.3) is 11.1 Å². The topological polar surface area (TPSA) is 53.4 Å². The normalized spacial score (nSPS) is 15.4. The quantitative estimate of drug-likeness (QED) is 0.721. The number of ether oxygens (including phenoxy) is 2. The third-order valence-corrected chi connectivity index (χ3v) is 4.07. The van der Waals surface area contributed by atoms with E-state index in [0.717, 1.165) is 6.07 Å². The Balaban J connectivity index is 1.41. The highest BCUT2D eigenvalue weighted by molar-refractivity contribution is 5.64. The van der Waals surface area contributed by atoms with E-state index < -0.39 is 11.6 Å². The molecule has 3 aromatic rings. The van der Waals surface area contributed by atoms with E-state index in [2.05, 4.69) is 4.98 Å². The van der Waals surface area contributed by atoms with Crippen molar-refractivity contribution in [2.75, 3.05) is 6.61 Å². The number of fused-ring (bicyclic) bond motifs is 1. The van der Waals surface area contributed by atoms with Crippen molar-refractivity contribution in [3.8, 4) is 22.9 Å². The van der Waals surface area contributed by atoms with Crippen molar-refractivity contribution in [3.05, 3.63) is 76.7 Å². The molecular weight excluding hydrogens is 342 g/mol. The van der Waals surface area contributed by atoms with Gasteiger partial charge in [-0.05, 0) is 23.8 Å². The zero-order valence-electron chi connectivity index (χ0n) is 13.6. The van der Waals surface area contributed by atoms with Gasteiger partial charge in [0.2, 0.25) is 0 Å². The van der Waals surface area contributed by atoms with Gasteiger partial charge in [-0.15, -0.1) is 0 Å². The van der Waals surface area contributed by atoms with Crippen LogP contribution < -0.4 is 15.0 Å². The second kappa shape index (κ2) is 6.59. The molecule has 1 atom stereocenters. The fourth-order valence-electron chi connectivity index (χ4n) is 2.79. The average molecular weight is 356 g/mol. The molecule has 0 spiro atoms. The van der Waals surface area contributed by atoms with E-state index >= 15 is 0 Å². The number of aromatic nitrogens is 2. The summed E-state index contributed by atoms with van der Waals surface area (Å²) in [5.74, 6) is -1.18. The van der Waals surface area contributed by atoms with Crippen LogP contribution in [0.3, 0.4) is 0 Å². The molecule has 4 rings (SSSR count). The fourth-order valence-corrected chi connectivity index (χ4v) is 2.79. The Morgan fingerprint density at radius 1 is 1.15 bits per heavy atom. The van der Waals surface area contributed by atoms with Crippen LogP contribution in [0.1, 0.15) is 0 Å². The first-order valence-electron chi connectivity index (χ1n) is 8.01. The molecule has 0 amide bonds. The minimum Gasteiger partial charge on any atom is -0.490 e. The molecule has 0 saturated carbocycles. The molecule has 0 N–H and O–H groups in total. The molecule has 0 saturated heterocycles. The first kappa shape index (κ1) is 16.3. The average Bonchev–Trinajstić information content (AvgIpc) is 3.05. The molecule has 0 aliphatic carbocycles. The Kier molecular flexibility index (Phi) is 4.12. The van der Waals surface area contributed by atoms with E-state index in [9.17, 15) is 13.6 Å². The Morgan fingerprint density at radius 3 is 2.77 bits per heavy atom. The predicted molar refractivity (Wildman–Crippen MR) is 90.2 cm³/mol. The lowest BCUT2D eigenvalue weighted by Crippen LogP contribution is -2.23. The monoisotopic (exact) mass is 356 g/mol. The lowest BCUT2D eigenvalue weighted by atomic mass is 10.0. The standard InChI is InChI=1S/C19H14F2N2O3/c20-16-3-1-2-15(18(16)21)12-4-6-13(7-5-12)25-11-14-10-23-9-8-17(24)22-19(23)26-14/h1-9,14H,10-11H2/t14-/m0/s1. The summed E-state index contributed by atoms with van der Waals surface area (Å²) in [6.07, 6.45) is 1.37. The Morgan fingerprint density at radius 2 is 1.96 bits per heavy atom. The van der Waals surface area contributed by atoms with E-state index in [1.165, 1.54) is 18.2 Å². The molecule has 1 aromatic heterocycles. The highest BCUT2D eigenvalue weighted by atomic mass is 19.2. The van der Waals surface area contributed by atoms with Crippen LogP contribution in [-0.4, -0.2) is 22.3 Å². The van der Waals surface area contributed by atoms with Crippen molar-refractivity contribution in [1.82, 2.24) is 9.55 Å². The van der Waals surface area contributed by atoms with Crippen molar-refractivity contribution in [3.63, 3.8) is 0 Å². The zero-order chi connectivity index (χ0) is 18.1. The van der Waals surface area contributed by atoms with E-state index in [1.807, 2.05) is 0 Å². The summed E-state index contributed by atoms with van der Waals surface area (Å²) in [6, 6.07) is 12.4. The van der Waals surface area contributed by atoms with Crippen LogP contribution in [0.5, 0.6) is 11.8 Å². The number of nitrogens with zero attached hydrogens (tertiary/aromatic N) is 2. The highest BCUT2D eigenvalue weighted by Crippen LogP contribution is 2.26. The molecule has 1 aliphatic rings. The summed E-state index contributed by atoms with van der Waals surface area (Å²) < 4.78 is 40.2. The van der Waals surface area contributed by atoms with Crippen LogP contribution in [0.4, 0.5) is 8.78 Å². The maximum atomic E-state index is 13.8. The van der Waals surface area contributed by atoms with Gasteiger partial charge in [0.15, 0.2) is 17.7 Å². The van der Waals surface area contributed by atoms with E-state index in [4.69, 9.17) is 9.47 Å². The molecule has 132 valence electrons. The molecule has 7 heteroatoms. The van der Waals surface area contributed by atoms with E-state index in [1.54, 1.807) is 35.0 Å². The minimum absolute atomic E-state index is 0.196. The van der Waals surface area contributed by atoms with Crippen LogP contribution >= 0.6 is 0 Å². The van der Waals surface area contributed by atoms with Gasteiger partial charge in [-0.25, -0.2) is 8.78 Å². The van der Waals surface area contributed by atoms with Gasteiger partial charge < -0.3 is 9.47 Å². The molecule has 0 fully saturated rings. The maximum absolute atomic E-state index is 13.8. The molecule has 2 aromatic carbocycles. The highest BCUT2D eigenvalue weighted by Gasteiger charge is 2.23. The van der Waals surface area contributed by atoms with Crippen LogP contribution in [-0.2, 0) is 6.54 Å². The second-order valence-electron chi connectivity index (χ2n) is 5.88. The van der Waals surface area contributed by atoms with Crippen LogP contribution in [0, 0.1) is 11.6 Å². The van der Waals surface area contributed by atoms with Gasteiger partial charge in [-0.1, -0.05) is 24.3 Å². The smallest absolute Gasteiger partial charge is 0.300 e. The van der Waals surface area contributed by atoms with Gasteiger partial charge in [0.25, 0.3) is 11.6 Å². The molecule has 0 bridgehead atoms. The summed E-state index contributed by atoms with van der Waals surface area (Å²) in [6.45, 7) is 0.806. The van der Waals surface area contributed by atoms with Crippen molar-refractivity contribution in [1.29, 1.82) is 0 Å². The summed E-state index contributed by atoms with van der Waals surface area (Å²) in [5.41, 5.74) is 0.404. The van der Waals surface area contributed by atoms with Crippen molar-refractivity contribution >= 4 is 0 Å². The van der Waals surface area contributed by atoms with Gasteiger partial charge in [0.05, 0.1) is 6.54 Å². The Labute approximate surface area is 147 Å². The predicted octanol–water partition coefficient (Wildman–Crippen LogP) is 3.03. The number of halogens is 2. The van der Waals surface area contributed by atoms with Crippen molar-refractivity contribution in [2.45, 2.75) is 12.6 Å². The van der Waals surface area contributed by atoms with E-state index in [-0.39, 0.29) is 29.8 Å². The SMILES string of the molecule is O=c1ccn2c(n1)O[C@H](COc1ccc(-c3cccc(F)c3F)cc1)C2. The Hall–Kier alpha value is -3.22. The molecule has 5 nitrogen and oxygen atoms in total. The van der Waals surface area contributed by atoms with Gasteiger partial charge in [0.1, 0.15) is 12.4 Å². The lowest BCUT2D eigenvalue weighted by molar-refractivity contribution is 0.143. The Bertz CT molecular complexity index is 1000. The number of rotatable bonds is 4. The fraction of sp³-hybridized carbons (Fsp3) is 0.158. The van der Waals surface area contributed by atoms with E-state index in [0.29, 0.717) is 17.9 Å². The van der Waals surface area contributed by atoms with Crippen LogP contribution in [0.2, 0.25) is 0 Å². The lowest BCUT2D eigenvalue weighted by Gasteiger charge is -2.11. The van der Waals surface area contributed by atoms with Gasteiger partial charge >= 0.3 is 0 Å². The largest absolute Gasteiger partial charge is 0.490 e. The van der Waals surface area contributed by atoms with Gasteiger partial charge in [0, 0.05) is 17.8 Å². The van der Waals surface area contributed by atoms with Crippen LogP contribution in [0.15, 0.2) is 59.5 Å². The second-order valence-corrected chi connectivity index (χ2v) is 5.88. The molecule has 0 radical (unpaired) electrons. The maximum Gasteiger partial charge on any atom is 0.300 e. The number of hydrogen-bond acceptors (Lipinski definition) is 4. The summed E-state index contributed by atoms with van der Waals surface area (Å²) in [5, 5.41) is 0.